The summed E-state index contributed by atoms with van der Waals surface area (Å²) in [5, 5.41) is 12.4. The first-order valence-corrected chi connectivity index (χ1v) is 10.5. The molecule has 1 aliphatic heterocycles. The number of benzene rings is 2. The predicted molar refractivity (Wildman–Crippen MR) is 120 cm³/mol. The Bertz CT molecular complexity index is 962. The number of rotatable bonds is 6. The van der Waals surface area contributed by atoms with E-state index in [1.807, 2.05) is 30.3 Å². The van der Waals surface area contributed by atoms with Crippen LogP contribution in [0.5, 0.6) is 5.75 Å². The van der Waals surface area contributed by atoms with Gasteiger partial charge in [0.05, 0.1) is 10.6 Å². The van der Waals surface area contributed by atoms with Crippen LogP contribution in [-0.2, 0) is 9.59 Å². The predicted octanol–water partition coefficient (Wildman–Crippen LogP) is 4.77. The van der Waals surface area contributed by atoms with Crippen molar-refractivity contribution in [3.8, 4) is 5.75 Å². The van der Waals surface area contributed by atoms with Crippen LogP contribution in [0.1, 0.15) is 18.4 Å². The van der Waals surface area contributed by atoms with Crippen molar-refractivity contribution in [1.29, 1.82) is 0 Å². The molecule has 2 amide bonds. The Hall–Kier alpha value is -2.16. The minimum Gasteiger partial charge on any atom is -0.506 e. The normalized spacial score (nSPS) is 15.3. The lowest BCUT2D eigenvalue weighted by atomic mass is 10.2. The average Bonchev–Trinajstić information content (AvgIpc) is 2.91. The number of anilines is 1. The first-order chi connectivity index (χ1) is 13.4. The molecule has 1 fully saturated rings. The summed E-state index contributed by atoms with van der Waals surface area (Å²) in [6.07, 6.45) is 2.50. The Balaban J connectivity index is 1.55. The standard InChI is InChI=1S/C20H17BrN2O3S2/c21-14-6-3-5-13(11-14)12-17-19(26)23(20(27)28-17)10-4-9-18(25)22-15-7-1-2-8-16(15)24/h1-3,5-8,11-12,24H,4,9-10H2,(H,22,25)/b17-12+. The lowest BCUT2D eigenvalue weighted by Crippen LogP contribution is -2.29. The highest BCUT2D eigenvalue weighted by atomic mass is 79.9. The maximum atomic E-state index is 12.6. The summed E-state index contributed by atoms with van der Waals surface area (Å²) in [4.78, 5) is 26.8. The van der Waals surface area contributed by atoms with Gasteiger partial charge >= 0.3 is 0 Å². The number of nitrogens with zero attached hydrogens (tertiary/aromatic N) is 1. The van der Waals surface area contributed by atoms with Crippen molar-refractivity contribution < 1.29 is 14.7 Å². The number of phenolic OH excluding ortho intramolecular Hbond substituents is 1. The van der Waals surface area contributed by atoms with Gasteiger partial charge in [-0.1, -0.05) is 64.2 Å². The van der Waals surface area contributed by atoms with E-state index in [0.717, 1.165) is 10.0 Å². The molecule has 2 aromatic rings. The van der Waals surface area contributed by atoms with Crippen LogP contribution in [0.2, 0.25) is 0 Å². The van der Waals surface area contributed by atoms with Gasteiger partial charge in [0.15, 0.2) is 0 Å². The number of para-hydroxylation sites is 2. The molecule has 0 aromatic heterocycles. The third-order valence-electron chi connectivity index (χ3n) is 3.98. The number of hydrogen-bond donors (Lipinski definition) is 2. The zero-order chi connectivity index (χ0) is 20.1. The molecule has 2 N–H and O–H groups in total. The number of phenols is 1. The summed E-state index contributed by atoms with van der Waals surface area (Å²) in [5.41, 5.74) is 1.28. The van der Waals surface area contributed by atoms with Crippen LogP contribution in [0.15, 0.2) is 57.9 Å². The fraction of sp³-hybridized carbons (Fsp3) is 0.150. The van der Waals surface area contributed by atoms with Gasteiger partial charge in [-0.3, -0.25) is 14.5 Å². The third-order valence-corrected chi connectivity index (χ3v) is 5.85. The number of thioether (sulfide) groups is 1. The molecule has 1 saturated heterocycles. The number of hydrogen-bond acceptors (Lipinski definition) is 5. The molecule has 1 aliphatic rings. The van der Waals surface area contributed by atoms with Crippen LogP contribution in [0.25, 0.3) is 6.08 Å². The second-order valence-corrected chi connectivity index (χ2v) is 8.65. The molecule has 8 heteroatoms. The maximum Gasteiger partial charge on any atom is 0.266 e. The second kappa shape index (κ2) is 9.36. The van der Waals surface area contributed by atoms with Crippen molar-refractivity contribution in [3.05, 3.63) is 63.5 Å². The Kier molecular flexibility index (Phi) is 6.88. The van der Waals surface area contributed by atoms with E-state index < -0.39 is 0 Å². The molecule has 28 heavy (non-hydrogen) atoms. The van der Waals surface area contributed by atoms with E-state index in [9.17, 15) is 14.7 Å². The van der Waals surface area contributed by atoms with Crippen LogP contribution in [0.4, 0.5) is 5.69 Å². The van der Waals surface area contributed by atoms with Gasteiger partial charge in [-0.05, 0) is 42.3 Å². The molecule has 0 radical (unpaired) electrons. The largest absolute Gasteiger partial charge is 0.506 e. The SMILES string of the molecule is O=C(CCCN1C(=O)/C(=C\c2cccc(Br)c2)SC1=S)Nc1ccccc1O. The highest BCUT2D eigenvalue weighted by Crippen LogP contribution is 2.33. The molecule has 2 aromatic carbocycles. The number of carbonyl (C=O) groups excluding carboxylic acids is 2. The number of thiocarbonyl (C=S) groups is 1. The van der Waals surface area contributed by atoms with Crippen LogP contribution >= 0.6 is 39.9 Å². The van der Waals surface area contributed by atoms with Crippen molar-refractivity contribution in [2.45, 2.75) is 12.8 Å². The monoisotopic (exact) mass is 476 g/mol. The topological polar surface area (TPSA) is 69.6 Å². The second-order valence-electron chi connectivity index (χ2n) is 6.06. The minimum absolute atomic E-state index is 0.0190. The van der Waals surface area contributed by atoms with Gasteiger partial charge in [-0.15, -0.1) is 0 Å². The molecule has 0 saturated carbocycles. The van der Waals surface area contributed by atoms with Crippen molar-refractivity contribution in [2.75, 3.05) is 11.9 Å². The highest BCUT2D eigenvalue weighted by Gasteiger charge is 2.31. The Morgan fingerprint density at radius 1 is 1.25 bits per heavy atom. The molecule has 3 rings (SSSR count). The molecule has 0 aliphatic carbocycles. The van der Waals surface area contributed by atoms with E-state index in [2.05, 4.69) is 21.2 Å². The number of carbonyl (C=O) groups is 2. The van der Waals surface area contributed by atoms with Gasteiger partial charge < -0.3 is 10.4 Å². The molecule has 0 unspecified atom stereocenters. The quantitative estimate of drug-likeness (QED) is 0.356. The number of halogens is 1. The lowest BCUT2D eigenvalue weighted by molar-refractivity contribution is -0.122. The number of nitrogens with one attached hydrogen (secondary N) is 1. The van der Waals surface area contributed by atoms with Crippen LogP contribution in [0, 0.1) is 0 Å². The fourth-order valence-corrected chi connectivity index (χ4v) is 4.36. The average molecular weight is 477 g/mol. The Morgan fingerprint density at radius 2 is 2.04 bits per heavy atom. The number of aromatic hydroxyl groups is 1. The van der Waals surface area contributed by atoms with Gasteiger partial charge in [0.1, 0.15) is 10.1 Å². The summed E-state index contributed by atoms with van der Waals surface area (Å²) >= 11 is 10.0. The zero-order valence-corrected chi connectivity index (χ0v) is 17.9. The van der Waals surface area contributed by atoms with Gasteiger partial charge in [-0.25, -0.2) is 0 Å². The van der Waals surface area contributed by atoms with E-state index in [-0.39, 0.29) is 24.0 Å². The summed E-state index contributed by atoms with van der Waals surface area (Å²) in [6, 6.07) is 14.2. The first kappa shape index (κ1) is 20.6. The molecule has 1 heterocycles. The van der Waals surface area contributed by atoms with Gasteiger partial charge in [0.2, 0.25) is 5.91 Å². The van der Waals surface area contributed by atoms with Crippen molar-refractivity contribution in [1.82, 2.24) is 4.90 Å². The van der Waals surface area contributed by atoms with Gasteiger partial charge in [0, 0.05) is 17.4 Å². The smallest absolute Gasteiger partial charge is 0.266 e. The lowest BCUT2D eigenvalue weighted by Gasteiger charge is -2.14. The summed E-state index contributed by atoms with van der Waals surface area (Å²) in [7, 11) is 0. The molecule has 0 atom stereocenters. The van der Waals surface area contributed by atoms with E-state index in [0.29, 0.717) is 27.9 Å². The van der Waals surface area contributed by atoms with E-state index >= 15 is 0 Å². The van der Waals surface area contributed by atoms with Crippen molar-refractivity contribution in [2.24, 2.45) is 0 Å². The molecule has 0 bridgehead atoms. The van der Waals surface area contributed by atoms with Crippen LogP contribution in [-0.4, -0.2) is 32.7 Å². The summed E-state index contributed by atoms with van der Waals surface area (Å²) in [5.74, 6) is -0.349. The van der Waals surface area contributed by atoms with E-state index in [1.54, 1.807) is 18.2 Å². The minimum atomic E-state index is -0.225. The van der Waals surface area contributed by atoms with E-state index in [1.165, 1.54) is 22.7 Å². The van der Waals surface area contributed by atoms with Gasteiger partial charge in [-0.2, -0.15) is 0 Å². The van der Waals surface area contributed by atoms with Crippen molar-refractivity contribution >= 4 is 67.8 Å². The van der Waals surface area contributed by atoms with Gasteiger partial charge in [0.25, 0.3) is 5.91 Å². The first-order valence-electron chi connectivity index (χ1n) is 8.53. The summed E-state index contributed by atoms with van der Waals surface area (Å²) < 4.78 is 1.43. The zero-order valence-electron chi connectivity index (χ0n) is 14.7. The third kappa shape index (κ3) is 5.21. The Morgan fingerprint density at radius 3 is 2.79 bits per heavy atom. The molecular weight excluding hydrogens is 460 g/mol. The maximum absolute atomic E-state index is 12.6. The molecule has 5 nitrogen and oxygen atoms in total. The van der Waals surface area contributed by atoms with Crippen LogP contribution < -0.4 is 5.32 Å². The van der Waals surface area contributed by atoms with E-state index in [4.69, 9.17) is 12.2 Å². The van der Waals surface area contributed by atoms with Crippen LogP contribution in [0.3, 0.4) is 0 Å². The molecule has 144 valence electrons. The highest BCUT2D eigenvalue weighted by molar-refractivity contribution is 9.10. The Labute approximate surface area is 180 Å². The molecule has 0 spiro atoms. The number of amides is 2. The fourth-order valence-electron chi connectivity index (χ4n) is 2.63. The van der Waals surface area contributed by atoms with Crippen molar-refractivity contribution in [3.63, 3.8) is 0 Å². The molecular formula is C20H17BrN2O3S2. The summed E-state index contributed by atoms with van der Waals surface area (Å²) in [6.45, 7) is 0.370.